The molecule has 1 aromatic heterocycles. The van der Waals surface area contributed by atoms with E-state index < -0.39 is 6.03 Å². The Bertz CT molecular complexity index is 1120. The lowest BCUT2D eigenvalue weighted by Gasteiger charge is -2.11. The number of aromatic nitrogens is 1. The first-order valence-corrected chi connectivity index (χ1v) is 9.62. The molecular weight excluding hydrogens is 418 g/mol. The molecule has 28 heavy (non-hydrogen) atoms. The fourth-order valence-corrected chi connectivity index (χ4v) is 3.90. The number of imide groups is 1. The van der Waals surface area contributed by atoms with Crippen LogP contribution >= 0.6 is 15.9 Å². The van der Waals surface area contributed by atoms with E-state index in [0.29, 0.717) is 5.69 Å². The van der Waals surface area contributed by atoms with Crippen LogP contribution in [0.3, 0.4) is 0 Å². The monoisotopic (exact) mass is 435 g/mol. The van der Waals surface area contributed by atoms with E-state index in [9.17, 15) is 9.59 Å². The highest BCUT2D eigenvalue weighted by Crippen LogP contribution is 2.28. The standard InChI is InChI=1S/C22H18BrN3O2/c1-14-12-16(15(2)25(14)20-11-7-6-10-18(20)23)13-19-21(27)26(22(28)24-19)17-8-4-3-5-9-17/h3-13H,1-2H3,(H,24,28). The molecule has 3 amide bonds. The minimum atomic E-state index is -0.443. The van der Waals surface area contributed by atoms with Crippen LogP contribution in [0, 0.1) is 13.8 Å². The van der Waals surface area contributed by atoms with Crippen LogP contribution in [-0.4, -0.2) is 16.5 Å². The minimum absolute atomic E-state index is 0.265. The van der Waals surface area contributed by atoms with Crippen LogP contribution in [0.1, 0.15) is 17.0 Å². The minimum Gasteiger partial charge on any atom is -0.317 e. The lowest BCUT2D eigenvalue weighted by Crippen LogP contribution is -2.30. The highest BCUT2D eigenvalue weighted by Gasteiger charge is 2.34. The largest absolute Gasteiger partial charge is 0.333 e. The maximum absolute atomic E-state index is 12.8. The first-order chi connectivity index (χ1) is 13.5. The number of amides is 3. The highest BCUT2D eigenvalue weighted by molar-refractivity contribution is 9.10. The van der Waals surface area contributed by atoms with Gasteiger partial charge in [-0.25, -0.2) is 9.69 Å². The van der Waals surface area contributed by atoms with Crippen LogP contribution in [-0.2, 0) is 4.79 Å². The molecule has 3 aromatic rings. The van der Waals surface area contributed by atoms with Gasteiger partial charge in [0.25, 0.3) is 5.91 Å². The molecule has 1 aliphatic rings. The van der Waals surface area contributed by atoms with Gasteiger partial charge in [-0.1, -0.05) is 30.3 Å². The number of aryl methyl sites for hydroxylation is 1. The number of anilines is 1. The Balaban J connectivity index is 1.73. The van der Waals surface area contributed by atoms with E-state index in [4.69, 9.17) is 0 Å². The van der Waals surface area contributed by atoms with Gasteiger partial charge in [0.2, 0.25) is 0 Å². The highest BCUT2D eigenvalue weighted by atomic mass is 79.9. The molecule has 0 atom stereocenters. The van der Waals surface area contributed by atoms with Crippen LogP contribution in [0.5, 0.6) is 0 Å². The molecule has 0 aliphatic carbocycles. The zero-order chi connectivity index (χ0) is 19.8. The number of rotatable bonds is 3. The number of para-hydroxylation sites is 2. The van der Waals surface area contributed by atoms with Gasteiger partial charge >= 0.3 is 6.03 Å². The van der Waals surface area contributed by atoms with Gasteiger partial charge in [0.15, 0.2) is 0 Å². The van der Waals surface area contributed by atoms with Crippen LogP contribution in [0.4, 0.5) is 10.5 Å². The summed E-state index contributed by atoms with van der Waals surface area (Å²) in [5, 5.41) is 2.69. The molecule has 0 bridgehead atoms. The summed E-state index contributed by atoms with van der Waals surface area (Å²) in [6.45, 7) is 4.01. The molecule has 4 rings (SSSR count). The van der Waals surface area contributed by atoms with Crippen molar-refractivity contribution in [2.45, 2.75) is 13.8 Å². The Morgan fingerprint density at radius 1 is 0.964 bits per heavy atom. The van der Waals surface area contributed by atoms with E-state index in [-0.39, 0.29) is 11.6 Å². The average Bonchev–Trinajstić information content (AvgIpc) is 3.12. The summed E-state index contributed by atoms with van der Waals surface area (Å²) >= 11 is 3.60. The molecule has 2 aromatic carbocycles. The number of hydrogen-bond acceptors (Lipinski definition) is 2. The fourth-order valence-electron chi connectivity index (χ4n) is 3.44. The van der Waals surface area contributed by atoms with Crippen molar-refractivity contribution in [3.63, 3.8) is 0 Å². The van der Waals surface area contributed by atoms with Gasteiger partial charge in [0.05, 0.1) is 11.4 Å². The van der Waals surface area contributed by atoms with Crippen LogP contribution in [0.25, 0.3) is 11.8 Å². The second-order valence-electron chi connectivity index (χ2n) is 6.58. The van der Waals surface area contributed by atoms with Gasteiger partial charge in [0.1, 0.15) is 5.70 Å². The zero-order valence-corrected chi connectivity index (χ0v) is 17.0. The Morgan fingerprint density at radius 2 is 1.64 bits per heavy atom. The van der Waals surface area contributed by atoms with Crippen molar-refractivity contribution in [2.24, 2.45) is 0 Å². The van der Waals surface area contributed by atoms with Crippen molar-refractivity contribution in [1.29, 1.82) is 0 Å². The van der Waals surface area contributed by atoms with Gasteiger partial charge in [-0.05, 0) is 71.7 Å². The fraction of sp³-hybridized carbons (Fsp3) is 0.0909. The van der Waals surface area contributed by atoms with Gasteiger partial charge in [-0.3, -0.25) is 4.79 Å². The summed E-state index contributed by atoms with van der Waals surface area (Å²) in [5.41, 5.74) is 4.74. The summed E-state index contributed by atoms with van der Waals surface area (Å²) in [4.78, 5) is 26.3. The normalized spacial score (nSPS) is 15.4. The number of halogens is 1. The third-order valence-corrected chi connectivity index (χ3v) is 5.43. The average molecular weight is 436 g/mol. The molecule has 6 heteroatoms. The molecule has 0 radical (unpaired) electrons. The first kappa shape index (κ1) is 18.3. The van der Waals surface area contributed by atoms with Crippen molar-refractivity contribution in [3.8, 4) is 5.69 Å². The van der Waals surface area contributed by atoms with Crippen molar-refractivity contribution in [2.75, 3.05) is 4.90 Å². The quantitative estimate of drug-likeness (QED) is 0.467. The SMILES string of the molecule is Cc1cc(C=C2NC(=O)N(c3ccccc3)C2=O)c(C)n1-c1ccccc1Br. The molecule has 0 unspecified atom stereocenters. The molecule has 1 saturated heterocycles. The molecule has 1 aliphatic heterocycles. The maximum Gasteiger partial charge on any atom is 0.333 e. The number of hydrogen-bond donors (Lipinski definition) is 1. The second-order valence-corrected chi connectivity index (χ2v) is 7.43. The topological polar surface area (TPSA) is 54.3 Å². The van der Waals surface area contributed by atoms with E-state index in [1.807, 2.05) is 50.2 Å². The first-order valence-electron chi connectivity index (χ1n) is 8.83. The third kappa shape index (κ3) is 3.05. The number of nitrogens with one attached hydrogen (secondary N) is 1. The third-order valence-electron chi connectivity index (χ3n) is 4.76. The predicted molar refractivity (Wildman–Crippen MR) is 113 cm³/mol. The molecule has 140 valence electrons. The van der Waals surface area contributed by atoms with E-state index in [1.54, 1.807) is 30.3 Å². The number of carbonyl (C=O) groups is 2. The predicted octanol–water partition coefficient (Wildman–Crippen LogP) is 4.95. The second kappa shape index (κ2) is 7.13. The van der Waals surface area contributed by atoms with Gasteiger partial charge in [-0.15, -0.1) is 0 Å². The van der Waals surface area contributed by atoms with Crippen molar-refractivity contribution < 1.29 is 9.59 Å². The molecule has 1 fully saturated rings. The van der Waals surface area contributed by atoms with E-state index >= 15 is 0 Å². The van der Waals surface area contributed by atoms with Crippen LogP contribution in [0.15, 0.2) is 70.8 Å². The number of nitrogens with zero attached hydrogens (tertiary/aromatic N) is 2. The zero-order valence-electron chi connectivity index (χ0n) is 15.4. The Kier molecular flexibility index (Phi) is 4.65. The smallest absolute Gasteiger partial charge is 0.317 e. The summed E-state index contributed by atoms with van der Waals surface area (Å²) < 4.78 is 3.10. The molecule has 5 nitrogen and oxygen atoms in total. The van der Waals surface area contributed by atoms with Crippen molar-refractivity contribution in [3.05, 3.63) is 87.8 Å². The Hall–Kier alpha value is -3.12. The van der Waals surface area contributed by atoms with Gasteiger partial charge in [-0.2, -0.15) is 0 Å². The maximum atomic E-state index is 12.8. The number of urea groups is 1. The van der Waals surface area contributed by atoms with Gasteiger partial charge in [0, 0.05) is 15.9 Å². The van der Waals surface area contributed by atoms with E-state index in [0.717, 1.165) is 32.0 Å². The summed E-state index contributed by atoms with van der Waals surface area (Å²) in [6.07, 6.45) is 1.73. The molecule has 1 N–H and O–H groups in total. The summed E-state index contributed by atoms with van der Waals surface area (Å²) in [6, 6.07) is 18.4. The lowest BCUT2D eigenvalue weighted by atomic mass is 10.2. The van der Waals surface area contributed by atoms with Crippen LogP contribution in [0.2, 0.25) is 0 Å². The van der Waals surface area contributed by atoms with Gasteiger partial charge < -0.3 is 9.88 Å². The Labute approximate surface area is 171 Å². The van der Waals surface area contributed by atoms with Crippen molar-refractivity contribution >= 4 is 39.6 Å². The summed E-state index contributed by atoms with van der Waals surface area (Å²) in [5.74, 6) is -0.359. The molecular formula is C22H18BrN3O2. The number of carbonyl (C=O) groups excluding carboxylic acids is 2. The molecule has 0 saturated carbocycles. The lowest BCUT2D eigenvalue weighted by molar-refractivity contribution is -0.113. The number of benzene rings is 2. The summed E-state index contributed by atoms with van der Waals surface area (Å²) in [7, 11) is 0. The Morgan fingerprint density at radius 3 is 2.36 bits per heavy atom. The van der Waals surface area contributed by atoms with E-state index in [2.05, 4.69) is 25.8 Å². The van der Waals surface area contributed by atoms with Crippen molar-refractivity contribution in [1.82, 2.24) is 9.88 Å². The van der Waals surface area contributed by atoms with Crippen LogP contribution < -0.4 is 10.2 Å². The molecule has 2 heterocycles. The molecule has 0 spiro atoms. The van der Waals surface area contributed by atoms with E-state index in [1.165, 1.54) is 0 Å².